The first-order valence-electron chi connectivity index (χ1n) is 7.81. The van der Waals surface area contributed by atoms with Gasteiger partial charge >= 0.3 is 6.03 Å². The summed E-state index contributed by atoms with van der Waals surface area (Å²) in [6.45, 7) is 6.15. The quantitative estimate of drug-likeness (QED) is 0.752. The number of aliphatic hydroxyl groups excluding tert-OH is 1. The van der Waals surface area contributed by atoms with E-state index in [0.29, 0.717) is 6.42 Å². The fourth-order valence-electron chi connectivity index (χ4n) is 2.69. The van der Waals surface area contributed by atoms with Gasteiger partial charge in [0, 0.05) is 16.4 Å². The van der Waals surface area contributed by atoms with Gasteiger partial charge in [-0.25, -0.2) is 4.79 Å². The summed E-state index contributed by atoms with van der Waals surface area (Å²) in [6.07, 6.45) is 0.488. The summed E-state index contributed by atoms with van der Waals surface area (Å²) in [5.41, 5.74) is 2.15. The maximum atomic E-state index is 12.3. The zero-order valence-corrected chi connectivity index (χ0v) is 14.6. The molecular weight excluding hydrogens is 308 g/mol. The van der Waals surface area contributed by atoms with Gasteiger partial charge in [-0.2, -0.15) is 0 Å². The Kier molecular flexibility index (Phi) is 6.19. The van der Waals surface area contributed by atoms with E-state index >= 15 is 0 Å². The molecule has 5 heteroatoms. The minimum Gasteiger partial charge on any atom is -0.396 e. The molecule has 1 unspecified atom stereocenters. The molecule has 0 radical (unpaired) electrons. The second kappa shape index (κ2) is 8.13. The molecular formula is C18H24N2O2S. The van der Waals surface area contributed by atoms with Crippen LogP contribution in [0.15, 0.2) is 36.4 Å². The Morgan fingerprint density at radius 3 is 2.48 bits per heavy atom. The number of carbonyl (C=O) groups is 1. The van der Waals surface area contributed by atoms with Gasteiger partial charge in [0.25, 0.3) is 0 Å². The van der Waals surface area contributed by atoms with Gasteiger partial charge in [-0.15, -0.1) is 11.3 Å². The highest BCUT2D eigenvalue weighted by Crippen LogP contribution is 2.26. The maximum absolute atomic E-state index is 12.3. The van der Waals surface area contributed by atoms with Crippen LogP contribution in [0.5, 0.6) is 0 Å². The highest BCUT2D eigenvalue weighted by atomic mass is 32.1. The van der Waals surface area contributed by atoms with E-state index in [4.69, 9.17) is 0 Å². The van der Waals surface area contributed by atoms with Crippen LogP contribution in [0.1, 0.15) is 46.3 Å². The Labute approximate surface area is 141 Å². The Morgan fingerprint density at radius 2 is 1.91 bits per heavy atom. The van der Waals surface area contributed by atoms with Gasteiger partial charge < -0.3 is 15.7 Å². The molecule has 4 nitrogen and oxygen atoms in total. The molecule has 1 aromatic heterocycles. The molecule has 2 atom stereocenters. The molecule has 0 aliphatic rings. The monoisotopic (exact) mass is 332 g/mol. The number of nitrogens with one attached hydrogen (secondary N) is 2. The first-order chi connectivity index (χ1) is 11.0. The minimum absolute atomic E-state index is 0.0260. The molecule has 2 rings (SSSR count). The van der Waals surface area contributed by atoms with Crippen LogP contribution in [0.3, 0.4) is 0 Å². The standard InChI is InChI=1S/C18H24N2O2S/c1-12-11-16(14(3)23-12)13(2)19-18(22)20-17(9-10-21)15-7-5-4-6-8-15/h4-8,11,13,17,21H,9-10H2,1-3H3,(H2,19,20,22)/t13?,17-/m1/s1. The average Bonchev–Trinajstić information content (AvgIpc) is 2.86. The normalized spacial score (nSPS) is 13.4. The SMILES string of the molecule is Cc1cc(C(C)NC(=O)N[C@H](CCO)c2ccccc2)c(C)s1. The third-order valence-electron chi connectivity index (χ3n) is 3.82. The van der Waals surface area contributed by atoms with Crippen LogP contribution < -0.4 is 10.6 Å². The van der Waals surface area contributed by atoms with Crippen molar-refractivity contribution in [2.45, 2.75) is 39.3 Å². The number of benzene rings is 1. The molecule has 1 heterocycles. The van der Waals surface area contributed by atoms with Crippen LogP contribution in [0.2, 0.25) is 0 Å². The minimum atomic E-state index is -0.219. The summed E-state index contributed by atoms with van der Waals surface area (Å²) in [7, 11) is 0. The number of amides is 2. The van der Waals surface area contributed by atoms with Gasteiger partial charge in [-0.1, -0.05) is 30.3 Å². The van der Waals surface area contributed by atoms with Gasteiger partial charge in [0.2, 0.25) is 0 Å². The Morgan fingerprint density at radius 1 is 1.22 bits per heavy atom. The number of aliphatic hydroxyl groups is 1. The van der Waals surface area contributed by atoms with E-state index in [1.54, 1.807) is 11.3 Å². The van der Waals surface area contributed by atoms with Crippen LogP contribution in [-0.2, 0) is 0 Å². The summed E-state index contributed by atoms with van der Waals surface area (Å²) in [4.78, 5) is 14.8. The number of rotatable bonds is 6. The lowest BCUT2D eigenvalue weighted by Gasteiger charge is -2.21. The second-order valence-electron chi connectivity index (χ2n) is 5.68. The molecule has 3 N–H and O–H groups in total. The van der Waals surface area contributed by atoms with Crippen LogP contribution in [0, 0.1) is 13.8 Å². The molecule has 23 heavy (non-hydrogen) atoms. The predicted molar refractivity (Wildman–Crippen MR) is 94.8 cm³/mol. The fourth-order valence-corrected chi connectivity index (χ4v) is 3.71. The molecule has 0 aliphatic carbocycles. The predicted octanol–water partition coefficient (Wildman–Crippen LogP) is 3.85. The highest BCUT2D eigenvalue weighted by molar-refractivity contribution is 7.12. The van der Waals surface area contributed by atoms with Gasteiger partial charge in [0.05, 0.1) is 12.1 Å². The third-order valence-corrected chi connectivity index (χ3v) is 4.80. The van der Waals surface area contributed by atoms with E-state index in [-0.39, 0.29) is 24.7 Å². The van der Waals surface area contributed by atoms with Crippen molar-refractivity contribution in [1.82, 2.24) is 10.6 Å². The number of carbonyl (C=O) groups excluding carboxylic acids is 1. The number of aryl methyl sites for hydroxylation is 2. The van der Waals surface area contributed by atoms with E-state index in [1.165, 1.54) is 9.75 Å². The van der Waals surface area contributed by atoms with Gasteiger partial charge in [-0.3, -0.25) is 0 Å². The number of urea groups is 1. The fraction of sp³-hybridized carbons (Fsp3) is 0.389. The van der Waals surface area contributed by atoms with Crippen molar-refractivity contribution < 1.29 is 9.90 Å². The topological polar surface area (TPSA) is 61.4 Å². The van der Waals surface area contributed by atoms with Gasteiger partial charge in [-0.05, 0) is 44.4 Å². The molecule has 0 bridgehead atoms. The zero-order chi connectivity index (χ0) is 16.8. The molecule has 1 aromatic carbocycles. The van der Waals surface area contributed by atoms with E-state index in [9.17, 15) is 9.90 Å². The Bertz CT molecular complexity index is 640. The van der Waals surface area contributed by atoms with E-state index in [2.05, 4.69) is 30.5 Å². The molecule has 0 saturated carbocycles. The lowest BCUT2D eigenvalue weighted by molar-refractivity contribution is 0.226. The van der Waals surface area contributed by atoms with Crippen molar-refractivity contribution in [3.8, 4) is 0 Å². The summed E-state index contributed by atoms with van der Waals surface area (Å²) in [6, 6.07) is 11.4. The van der Waals surface area contributed by atoms with Crippen LogP contribution >= 0.6 is 11.3 Å². The van der Waals surface area contributed by atoms with Crippen molar-refractivity contribution in [1.29, 1.82) is 0 Å². The van der Waals surface area contributed by atoms with Crippen molar-refractivity contribution in [2.75, 3.05) is 6.61 Å². The van der Waals surface area contributed by atoms with Gasteiger partial charge in [0.1, 0.15) is 0 Å². The first kappa shape index (κ1) is 17.5. The molecule has 2 amide bonds. The Hall–Kier alpha value is -1.85. The largest absolute Gasteiger partial charge is 0.396 e. The van der Waals surface area contributed by atoms with Crippen molar-refractivity contribution in [3.05, 3.63) is 57.3 Å². The van der Waals surface area contributed by atoms with Crippen LogP contribution in [0.25, 0.3) is 0 Å². The van der Waals surface area contributed by atoms with Crippen molar-refractivity contribution >= 4 is 17.4 Å². The highest BCUT2D eigenvalue weighted by Gasteiger charge is 2.17. The number of thiophene rings is 1. The van der Waals surface area contributed by atoms with E-state index in [1.807, 2.05) is 37.3 Å². The summed E-state index contributed by atoms with van der Waals surface area (Å²) < 4.78 is 0. The Balaban J connectivity index is 2.00. The van der Waals surface area contributed by atoms with Gasteiger partial charge in [0.15, 0.2) is 0 Å². The summed E-state index contributed by atoms with van der Waals surface area (Å²) in [5.74, 6) is 0. The first-order valence-corrected chi connectivity index (χ1v) is 8.62. The molecule has 0 saturated heterocycles. The lowest BCUT2D eigenvalue weighted by Crippen LogP contribution is -2.39. The van der Waals surface area contributed by atoms with Crippen LogP contribution in [0.4, 0.5) is 4.79 Å². The molecule has 0 aliphatic heterocycles. The summed E-state index contributed by atoms with van der Waals surface area (Å²) in [5, 5.41) is 15.2. The lowest BCUT2D eigenvalue weighted by atomic mass is 10.0. The third kappa shape index (κ3) is 4.81. The van der Waals surface area contributed by atoms with Crippen LogP contribution in [-0.4, -0.2) is 17.7 Å². The number of hydrogen-bond acceptors (Lipinski definition) is 3. The number of hydrogen-bond donors (Lipinski definition) is 3. The molecule has 124 valence electrons. The average molecular weight is 332 g/mol. The van der Waals surface area contributed by atoms with Crippen molar-refractivity contribution in [2.24, 2.45) is 0 Å². The molecule has 2 aromatic rings. The van der Waals surface area contributed by atoms with E-state index < -0.39 is 0 Å². The van der Waals surface area contributed by atoms with Crippen molar-refractivity contribution in [3.63, 3.8) is 0 Å². The molecule has 0 spiro atoms. The second-order valence-corrected chi connectivity index (χ2v) is 7.14. The smallest absolute Gasteiger partial charge is 0.315 e. The van der Waals surface area contributed by atoms with E-state index in [0.717, 1.165) is 11.1 Å². The molecule has 0 fully saturated rings. The summed E-state index contributed by atoms with van der Waals surface area (Å²) >= 11 is 1.74. The maximum Gasteiger partial charge on any atom is 0.315 e. The zero-order valence-electron chi connectivity index (χ0n) is 13.8.